The van der Waals surface area contributed by atoms with Gasteiger partial charge in [0.05, 0.1) is 6.04 Å². The van der Waals surface area contributed by atoms with E-state index in [1.165, 1.54) is 0 Å². The quantitative estimate of drug-likeness (QED) is 0.874. The molecule has 6 heteroatoms. The molecule has 1 aromatic heterocycles. The van der Waals surface area contributed by atoms with Crippen LogP contribution in [0.25, 0.3) is 0 Å². The van der Waals surface area contributed by atoms with E-state index in [2.05, 4.69) is 27.3 Å². The molecule has 1 atom stereocenters. The standard InChI is InChI=1S/C19H26N4O2/c1-3-17-21-19(25-22-17)14(2)23-11-9-16(10-12-23)18(24)20-13-15-7-5-4-6-8-15/h4-8,14,16H,3,9-13H2,1-2H3,(H,20,24)/t14-/m1/s1. The minimum absolute atomic E-state index is 0.0843. The molecule has 134 valence electrons. The molecular formula is C19H26N4O2. The summed E-state index contributed by atoms with van der Waals surface area (Å²) in [5, 5.41) is 7.03. The van der Waals surface area contributed by atoms with Crippen molar-refractivity contribution in [3.63, 3.8) is 0 Å². The van der Waals surface area contributed by atoms with Gasteiger partial charge in [-0.3, -0.25) is 9.69 Å². The molecule has 0 saturated carbocycles. The van der Waals surface area contributed by atoms with E-state index >= 15 is 0 Å². The fourth-order valence-electron chi connectivity index (χ4n) is 3.22. The SMILES string of the molecule is CCc1noc([C@@H](C)N2CCC(C(=O)NCc3ccccc3)CC2)n1. The first kappa shape index (κ1) is 17.6. The number of benzene rings is 1. The first-order valence-electron chi connectivity index (χ1n) is 9.05. The third-order valence-corrected chi connectivity index (χ3v) is 4.92. The topological polar surface area (TPSA) is 71.3 Å². The molecule has 3 rings (SSSR count). The van der Waals surface area contributed by atoms with E-state index in [0.717, 1.165) is 43.7 Å². The summed E-state index contributed by atoms with van der Waals surface area (Å²) in [7, 11) is 0. The number of hydrogen-bond acceptors (Lipinski definition) is 5. The van der Waals surface area contributed by atoms with Gasteiger partial charge in [0.2, 0.25) is 11.8 Å². The summed E-state index contributed by atoms with van der Waals surface area (Å²) in [5.74, 6) is 1.66. The number of nitrogens with zero attached hydrogens (tertiary/aromatic N) is 3. The van der Waals surface area contributed by atoms with Crippen LogP contribution in [0, 0.1) is 5.92 Å². The van der Waals surface area contributed by atoms with Gasteiger partial charge < -0.3 is 9.84 Å². The van der Waals surface area contributed by atoms with E-state index < -0.39 is 0 Å². The number of likely N-dealkylation sites (tertiary alicyclic amines) is 1. The molecule has 1 aliphatic rings. The van der Waals surface area contributed by atoms with E-state index in [1.54, 1.807) is 0 Å². The Balaban J connectivity index is 1.47. The lowest BCUT2D eigenvalue weighted by atomic mass is 9.95. The Morgan fingerprint density at radius 3 is 2.68 bits per heavy atom. The van der Waals surface area contributed by atoms with Gasteiger partial charge in [0.15, 0.2) is 5.82 Å². The van der Waals surface area contributed by atoms with Crippen molar-refractivity contribution in [2.75, 3.05) is 13.1 Å². The van der Waals surface area contributed by atoms with E-state index in [-0.39, 0.29) is 17.9 Å². The highest BCUT2D eigenvalue weighted by Gasteiger charge is 2.29. The maximum atomic E-state index is 12.4. The molecule has 1 saturated heterocycles. The van der Waals surface area contributed by atoms with Crippen LogP contribution in [-0.4, -0.2) is 34.0 Å². The molecule has 2 aromatic rings. The molecule has 1 aromatic carbocycles. The number of aryl methyl sites for hydroxylation is 1. The second-order valence-electron chi connectivity index (χ2n) is 6.59. The zero-order chi connectivity index (χ0) is 17.6. The lowest BCUT2D eigenvalue weighted by molar-refractivity contribution is -0.126. The Hall–Kier alpha value is -2.21. The van der Waals surface area contributed by atoms with Crippen LogP contribution in [0.1, 0.15) is 50.0 Å². The van der Waals surface area contributed by atoms with Gasteiger partial charge in [-0.2, -0.15) is 4.98 Å². The van der Waals surface area contributed by atoms with Crippen LogP contribution in [0.4, 0.5) is 0 Å². The third-order valence-electron chi connectivity index (χ3n) is 4.92. The van der Waals surface area contributed by atoms with Crippen LogP contribution in [-0.2, 0) is 17.8 Å². The number of aromatic nitrogens is 2. The highest BCUT2D eigenvalue weighted by molar-refractivity contribution is 5.78. The monoisotopic (exact) mass is 342 g/mol. The molecule has 25 heavy (non-hydrogen) atoms. The van der Waals surface area contributed by atoms with Crippen LogP contribution in [0.2, 0.25) is 0 Å². The number of hydrogen-bond donors (Lipinski definition) is 1. The summed E-state index contributed by atoms with van der Waals surface area (Å²) in [4.78, 5) is 19.1. The van der Waals surface area contributed by atoms with Gasteiger partial charge in [-0.05, 0) is 38.4 Å². The van der Waals surface area contributed by atoms with Crippen LogP contribution in [0.3, 0.4) is 0 Å². The average Bonchev–Trinajstić information content (AvgIpc) is 3.16. The van der Waals surface area contributed by atoms with Crippen molar-refractivity contribution in [3.05, 3.63) is 47.6 Å². The Bertz CT molecular complexity index is 678. The fraction of sp³-hybridized carbons (Fsp3) is 0.526. The average molecular weight is 342 g/mol. The van der Waals surface area contributed by atoms with Gasteiger partial charge in [0, 0.05) is 18.9 Å². The summed E-state index contributed by atoms with van der Waals surface area (Å²) >= 11 is 0. The fourth-order valence-corrected chi connectivity index (χ4v) is 3.22. The molecule has 0 unspecified atom stereocenters. The number of piperidine rings is 1. The van der Waals surface area contributed by atoms with Crippen molar-refractivity contribution in [1.29, 1.82) is 0 Å². The summed E-state index contributed by atoms with van der Waals surface area (Å²) in [6.45, 7) is 6.43. The number of carbonyl (C=O) groups excluding carboxylic acids is 1. The Morgan fingerprint density at radius 2 is 2.04 bits per heavy atom. The van der Waals surface area contributed by atoms with Gasteiger partial charge in [-0.15, -0.1) is 0 Å². The summed E-state index contributed by atoms with van der Waals surface area (Å²) in [6, 6.07) is 10.1. The van der Waals surface area contributed by atoms with E-state index in [4.69, 9.17) is 4.52 Å². The summed E-state index contributed by atoms with van der Waals surface area (Å²) in [6.07, 6.45) is 2.50. The van der Waals surface area contributed by atoms with Crippen molar-refractivity contribution in [3.8, 4) is 0 Å². The van der Waals surface area contributed by atoms with Crippen LogP contribution >= 0.6 is 0 Å². The molecule has 1 fully saturated rings. The lowest BCUT2D eigenvalue weighted by Gasteiger charge is -2.33. The van der Waals surface area contributed by atoms with Crippen molar-refractivity contribution >= 4 is 5.91 Å². The van der Waals surface area contributed by atoms with Gasteiger partial charge in [-0.25, -0.2) is 0 Å². The van der Waals surface area contributed by atoms with Gasteiger partial charge >= 0.3 is 0 Å². The van der Waals surface area contributed by atoms with Crippen LogP contribution < -0.4 is 5.32 Å². The lowest BCUT2D eigenvalue weighted by Crippen LogP contribution is -2.41. The van der Waals surface area contributed by atoms with Crippen molar-refractivity contribution in [2.45, 2.75) is 45.7 Å². The van der Waals surface area contributed by atoms with Crippen molar-refractivity contribution < 1.29 is 9.32 Å². The highest BCUT2D eigenvalue weighted by atomic mass is 16.5. The second-order valence-corrected chi connectivity index (χ2v) is 6.59. The maximum absolute atomic E-state index is 12.4. The molecule has 0 bridgehead atoms. The molecule has 1 N–H and O–H groups in total. The predicted molar refractivity (Wildman–Crippen MR) is 94.7 cm³/mol. The Kier molecular flexibility index (Phi) is 5.81. The molecule has 0 radical (unpaired) electrons. The van der Waals surface area contributed by atoms with Gasteiger partial charge in [0.25, 0.3) is 0 Å². The third kappa shape index (κ3) is 4.45. The van der Waals surface area contributed by atoms with Crippen LogP contribution in [0.5, 0.6) is 0 Å². The zero-order valence-electron chi connectivity index (χ0n) is 14.9. The molecule has 1 aliphatic heterocycles. The largest absolute Gasteiger partial charge is 0.352 e. The maximum Gasteiger partial charge on any atom is 0.243 e. The number of carbonyl (C=O) groups is 1. The number of amides is 1. The normalized spacial score (nSPS) is 17.4. The Labute approximate surface area is 148 Å². The number of nitrogens with one attached hydrogen (secondary N) is 1. The Morgan fingerprint density at radius 1 is 1.32 bits per heavy atom. The smallest absolute Gasteiger partial charge is 0.243 e. The van der Waals surface area contributed by atoms with E-state index in [9.17, 15) is 4.79 Å². The first-order valence-corrected chi connectivity index (χ1v) is 9.05. The van der Waals surface area contributed by atoms with Gasteiger partial charge in [0.1, 0.15) is 0 Å². The minimum atomic E-state index is 0.0843. The van der Waals surface area contributed by atoms with Crippen LogP contribution in [0.15, 0.2) is 34.9 Å². The number of rotatable bonds is 6. The predicted octanol–water partition coefficient (Wildman–Crippen LogP) is 2.72. The molecule has 1 amide bonds. The minimum Gasteiger partial charge on any atom is -0.352 e. The molecule has 0 spiro atoms. The van der Waals surface area contributed by atoms with E-state index in [1.807, 2.05) is 37.3 Å². The molecule has 6 nitrogen and oxygen atoms in total. The molecule has 2 heterocycles. The summed E-state index contributed by atoms with van der Waals surface area (Å²) in [5.41, 5.74) is 1.13. The molecular weight excluding hydrogens is 316 g/mol. The second kappa shape index (κ2) is 8.25. The zero-order valence-corrected chi connectivity index (χ0v) is 14.9. The van der Waals surface area contributed by atoms with Gasteiger partial charge in [-0.1, -0.05) is 42.4 Å². The molecule has 0 aliphatic carbocycles. The van der Waals surface area contributed by atoms with Crippen molar-refractivity contribution in [2.24, 2.45) is 5.92 Å². The van der Waals surface area contributed by atoms with E-state index in [0.29, 0.717) is 12.4 Å². The van der Waals surface area contributed by atoms with Crippen molar-refractivity contribution in [1.82, 2.24) is 20.4 Å². The summed E-state index contributed by atoms with van der Waals surface area (Å²) < 4.78 is 5.35. The highest BCUT2D eigenvalue weighted by Crippen LogP contribution is 2.26. The first-order chi connectivity index (χ1) is 12.2.